The molecule has 1 heterocycles. The van der Waals surface area contributed by atoms with E-state index in [2.05, 4.69) is 42.1 Å². The molecule has 2 amide bonds. The first kappa shape index (κ1) is 34.2. The highest BCUT2D eigenvalue weighted by Crippen LogP contribution is 2.37. The fourth-order valence-corrected chi connectivity index (χ4v) is 5.86. The van der Waals surface area contributed by atoms with Crippen LogP contribution in [0.3, 0.4) is 0 Å². The second-order valence-corrected chi connectivity index (χ2v) is 12.6. The van der Waals surface area contributed by atoms with E-state index >= 15 is 0 Å². The fourth-order valence-electron chi connectivity index (χ4n) is 4.12. The van der Waals surface area contributed by atoms with Crippen molar-refractivity contribution in [3.05, 3.63) is 115 Å². The zero-order chi connectivity index (χ0) is 33.3. The van der Waals surface area contributed by atoms with Crippen molar-refractivity contribution in [3.8, 4) is 22.8 Å². The van der Waals surface area contributed by atoms with Crippen LogP contribution in [0.5, 0.6) is 11.5 Å². The first-order valence-electron chi connectivity index (χ1n) is 13.9. The van der Waals surface area contributed by atoms with Crippen LogP contribution in [0.25, 0.3) is 11.3 Å². The Labute approximate surface area is 298 Å². The van der Waals surface area contributed by atoms with E-state index in [4.69, 9.17) is 44.3 Å². The number of carbonyl (C=O) groups excluding carboxylic acids is 2. The molecule has 0 saturated heterocycles. The molecule has 3 N–H and O–H groups in total. The number of carbonyl (C=O) groups is 2. The number of thiazole rings is 1. The summed E-state index contributed by atoms with van der Waals surface area (Å²) in [6.07, 6.45) is 1.48. The van der Waals surface area contributed by atoms with Gasteiger partial charge in [0.15, 0.2) is 23.2 Å². The van der Waals surface area contributed by atoms with Crippen molar-refractivity contribution in [2.45, 2.75) is 6.92 Å². The number of nitrogens with one attached hydrogen (secondary N) is 3. The zero-order valence-corrected chi connectivity index (χ0v) is 29.2. The van der Waals surface area contributed by atoms with Crippen molar-refractivity contribution < 1.29 is 19.1 Å². The van der Waals surface area contributed by atoms with E-state index < -0.39 is 5.91 Å². The van der Waals surface area contributed by atoms with Gasteiger partial charge in [-0.05, 0) is 95.1 Å². The number of hydrazone groups is 1. The number of hydrogen-bond acceptors (Lipinski definition) is 8. The summed E-state index contributed by atoms with van der Waals surface area (Å²) < 4.78 is 12.0. The molecule has 5 aromatic rings. The minimum atomic E-state index is -0.401. The van der Waals surface area contributed by atoms with Gasteiger partial charge in [0.2, 0.25) is 0 Å². The normalized spacial score (nSPS) is 10.9. The van der Waals surface area contributed by atoms with E-state index in [1.54, 1.807) is 42.5 Å². The van der Waals surface area contributed by atoms with E-state index in [1.165, 1.54) is 17.6 Å². The lowest BCUT2D eigenvalue weighted by Gasteiger charge is -2.14. The Morgan fingerprint density at radius 2 is 1.68 bits per heavy atom. The highest BCUT2D eigenvalue weighted by Gasteiger charge is 2.15. The third-order valence-electron chi connectivity index (χ3n) is 6.30. The third kappa shape index (κ3) is 9.46. The molecule has 0 atom stereocenters. The number of nitrogens with zero attached hydrogens (tertiary/aromatic N) is 2. The van der Waals surface area contributed by atoms with E-state index in [9.17, 15) is 9.59 Å². The van der Waals surface area contributed by atoms with Gasteiger partial charge in [-0.15, -0.1) is 11.3 Å². The highest BCUT2D eigenvalue weighted by atomic mass is 79.9. The highest BCUT2D eigenvalue weighted by molar-refractivity contribution is 9.10. The number of rotatable bonds is 12. The van der Waals surface area contributed by atoms with Crippen molar-refractivity contribution in [2.24, 2.45) is 5.10 Å². The van der Waals surface area contributed by atoms with Crippen LogP contribution in [0.2, 0.25) is 15.1 Å². The van der Waals surface area contributed by atoms with E-state index in [0.29, 0.717) is 54.5 Å². The van der Waals surface area contributed by atoms with E-state index in [0.717, 1.165) is 22.1 Å². The standard InChI is InChI=1S/C33H25BrCl3N5O4S/c1-2-45-29-14-19(13-25(34)31(29)46-17-30(43)39-24-11-12-26(36)27(37)15-24)16-38-42-32(44)21-5-3-20(4-6-21)28-18-47-33(41-28)40-23-9-7-22(35)8-10-23/h3-16,18H,2,17H2,1H3,(H,39,43)(H,40,41)(H,42,44)/b38-16-. The number of aromatic nitrogens is 1. The van der Waals surface area contributed by atoms with Gasteiger partial charge in [-0.3, -0.25) is 9.59 Å². The molecule has 0 aliphatic heterocycles. The Morgan fingerprint density at radius 3 is 2.40 bits per heavy atom. The van der Waals surface area contributed by atoms with Crippen LogP contribution in [-0.4, -0.2) is 36.2 Å². The molecule has 5 rings (SSSR count). The van der Waals surface area contributed by atoms with Crippen LogP contribution in [0.4, 0.5) is 16.5 Å². The van der Waals surface area contributed by atoms with Crippen LogP contribution in [-0.2, 0) is 4.79 Å². The quantitative estimate of drug-likeness (QED) is 0.0860. The lowest BCUT2D eigenvalue weighted by molar-refractivity contribution is -0.118. The fraction of sp³-hybridized carbons (Fsp3) is 0.0909. The molecule has 1 aromatic heterocycles. The monoisotopic (exact) mass is 771 g/mol. The molecule has 0 saturated carbocycles. The zero-order valence-electron chi connectivity index (χ0n) is 24.5. The summed E-state index contributed by atoms with van der Waals surface area (Å²) in [5.41, 5.74) is 6.61. The lowest BCUT2D eigenvalue weighted by atomic mass is 10.1. The Bertz CT molecular complexity index is 1920. The molecule has 9 nitrogen and oxygen atoms in total. The summed E-state index contributed by atoms with van der Waals surface area (Å²) in [5.74, 6) is -0.0543. The number of halogens is 4. The molecular formula is C33H25BrCl3N5O4S. The summed E-state index contributed by atoms with van der Waals surface area (Å²) in [7, 11) is 0. The predicted molar refractivity (Wildman–Crippen MR) is 193 cm³/mol. The van der Waals surface area contributed by atoms with E-state index in [-0.39, 0.29) is 12.5 Å². The van der Waals surface area contributed by atoms with Crippen molar-refractivity contribution in [1.82, 2.24) is 10.4 Å². The van der Waals surface area contributed by atoms with Gasteiger partial charge in [-0.1, -0.05) is 46.9 Å². The van der Waals surface area contributed by atoms with Crippen molar-refractivity contribution in [1.29, 1.82) is 0 Å². The van der Waals surface area contributed by atoms with Crippen LogP contribution in [0, 0.1) is 0 Å². The Balaban J connectivity index is 1.17. The van der Waals surface area contributed by atoms with Gasteiger partial charge in [0.25, 0.3) is 11.8 Å². The Hall–Kier alpha value is -4.13. The third-order valence-corrected chi connectivity index (χ3v) is 8.64. The molecule has 0 unspecified atom stereocenters. The summed E-state index contributed by atoms with van der Waals surface area (Å²) in [4.78, 5) is 29.9. The topological polar surface area (TPSA) is 114 Å². The maximum atomic E-state index is 12.8. The maximum absolute atomic E-state index is 12.8. The van der Waals surface area contributed by atoms with Gasteiger partial charge in [0, 0.05) is 32.9 Å². The largest absolute Gasteiger partial charge is 0.490 e. The molecule has 14 heteroatoms. The summed E-state index contributed by atoms with van der Waals surface area (Å²) >= 11 is 22.9. The minimum absolute atomic E-state index is 0.287. The molecule has 47 heavy (non-hydrogen) atoms. The first-order chi connectivity index (χ1) is 22.7. The summed E-state index contributed by atoms with van der Waals surface area (Å²) in [6, 6.07) is 22.6. The van der Waals surface area contributed by atoms with Crippen LogP contribution < -0.4 is 25.5 Å². The smallest absolute Gasteiger partial charge is 0.271 e. The number of ether oxygens (including phenoxy) is 2. The predicted octanol–water partition coefficient (Wildman–Crippen LogP) is 9.46. The second kappa shape index (κ2) is 16.1. The average Bonchev–Trinajstić information content (AvgIpc) is 3.52. The molecule has 240 valence electrons. The molecule has 0 spiro atoms. The summed E-state index contributed by atoms with van der Waals surface area (Å²) in [6.45, 7) is 1.89. The van der Waals surface area contributed by atoms with Gasteiger partial charge in [0.1, 0.15) is 0 Å². The SMILES string of the molecule is CCOc1cc(/C=N\NC(=O)c2ccc(-c3csc(Nc4ccc(Cl)cc4)n3)cc2)cc(Br)c1OCC(=O)Nc1ccc(Cl)c(Cl)c1. The lowest BCUT2D eigenvalue weighted by Crippen LogP contribution is -2.20. The average molecular weight is 774 g/mol. The number of amides is 2. The van der Waals surface area contributed by atoms with Crippen LogP contribution in [0.15, 0.2) is 93.8 Å². The van der Waals surface area contributed by atoms with E-state index in [1.807, 2.05) is 48.7 Å². The maximum Gasteiger partial charge on any atom is 0.271 e. The van der Waals surface area contributed by atoms with Crippen molar-refractivity contribution >= 4 is 96.6 Å². The van der Waals surface area contributed by atoms with Crippen LogP contribution in [0.1, 0.15) is 22.8 Å². The molecule has 0 bridgehead atoms. The minimum Gasteiger partial charge on any atom is -0.490 e. The van der Waals surface area contributed by atoms with Gasteiger partial charge in [0.05, 0.1) is 33.0 Å². The number of anilines is 3. The van der Waals surface area contributed by atoms with Crippen molar-refractivity contribution in [2.75, 3.05) is 23.8 Å². The molecular weight excluding hydrogens is 749 g/mol. The van der Waals surface area contributed by atoms with Gasteiger partial charge in [-0.25, -0.2) is 10.4 Å². The second-order valence-electron chi connectivity index (χ2n) is 9.68. The van der Waals surface area contributed by atoms with Crippen molar-refractivity contribution in [3.63, 3.8) is 0 Å². The number of benzene rings is 4. The number of hydrogen-bond donors (Lipinski definition) is 3. The Kier molecular flexibility index (Phi) is 11.7. The van der Waals surface area contributed by atoms with Gasteiger partial charge < -0.3 is 20.1 Å². The van der Waals surface area contributed by atoms with Crippen LogP contribution >= 0.6 is 62.1 Å². The molecule has 4 aromatic carbocycles. The molecule has 0 aliphatic rings. The summed E-state index contributed by atoms with van der Waals surface area (Å²) in [5, 5.41) is 14.1. The Morgan fingerprint density at radius 1 is 0.936 bits per heavy atom. The molecule has 0 fully saturated rings. The molecule has 0 aliphatic carbocycles. The molecule has 0 radical (unpaired) electrons. The van der Waals surface area contributed by atoms with Gasteiger partial charge in [-0.2, -0.15) is 5.10 Å². The first-order valence-corrected chi connectivity index (χ1v) is 16.7. The van der Waals surface area contributed by atoms with Gasteiger partial charge >= 0.3 is 0 Å².